The molecule has 20 heavy (non-hydrogen) atoms. The normalized spacial score (nSPS) is 18.6. The first-order valence-corrected chi connectivity index (χ1v) is 7.25. The van der Waals surface area contributed by atoms with Crippen LogP contribution in [0.5, 0.6) is 5.75 Å². The van der Waals surface area contributed by atoms with Crippen molar-refractivity contribution in [2.24, 2.45) is 0 Å². The molecule has 0 bridgehead atoms. The van der Waals surface area contributed by atoms with Crippen LogP contribution in [0.3, 0.4) is 0 Å². The fourth-order valence-electron chi connectivity index (χ4n) is 2.52. The summed E-state index contributed by atoms with van der Waals surface area (Å²) in [6.45, 7) is 3.70. The van der Waals surface area contributed by atoms with E-state index in [0.29, 0.717) is 17.2 Å². The Kier molecular flexibility index (Phi) is 3.94. The van der Waals surface area contributed by atoms with Crippen molar-refractivity contribution in [2.75, 3.05) is 32.8 Å². The van der Waals surface area contributed by atoms with Crippen LogP contribution in [0.2, 0.25) is 5.02 Å². The van der Waals surface area contributed by atoms with E-state index in [2.05, 4.69) is 5.32 Å². The molecule has 2 aliphatic rings. The molecule has 0 saturated carbocycles. The van der Waals surface area contributed by atoms with Crippen LogP contribution in [0.1, 0.15) is 12.0 Å². The molecule has 0 spiro atoms. The summed E-state index contributed by atoms with van der Waals surface area (Å²) in [5.74, 6) is 0.850. The molecule has 1 aromatic rings. The third-order valence-corrected chi connectivity index (χ3v) is 3.82. The predicted octanol–water partition coefficient (Wildman–Crippen LogP) is 1.94. The van der Waals surface area contributed by atoms with Crippen LogP contribution in [0.25, 0.3) is 6.08 Å². The second kappa shape index (κ2) is 5.85. The van der Waals surface area contributed by atoms with Crippen molar-refractivity contribution in [2.45, 2.75) is 6.42 Å². The van der Waals surface area contributed by atoms with Gasteiger partial charge in [-0.15, -0.1) is 0 Å². The molecular formula is C15H17ClN2O2. The van der Waals surface area contributed by atoms with E-state index >= 15 is 0 Å². The van der Waals surface area contributed by atoms with Gasteiger partial charge in [0, 0.05) is 30.2 Å². The SMILES string of the molecule is O=C(C1=Cc2cc(Cl)ccc2OC1)N1CCCNCC1. The highest BCUT2D eigenvalue weighted by molar-refractivity contribution is 6.30. The van der Waals surface area contributed by atoms with Crippen LogP contribution < -0.4 is 10.1 Å². The molecule has 0 atom stereocenters. The zero-order chi connectivity index (χ0) is 13.9. The van der Waals surface area contributed by atoms with Gasteiger partial charge < -0.3 is 15.0 Å². The average molecular weight is 293 g/mol. The van der Waals surface area contributed by atoms with Crippen molar-refractivity contribution in [3.05, 3.63) is 34.4 Å². The van der Waals surface area contributed by atoms with Crippen molar-refractivity contribution in [1.29, 1.82) is 0 Å². The first-order valence-electron chi connectivity index (χ1n) is 6.87. The molecule has 0 unspecified atom stereocenters. The number of carbonyl (C=O) groups excluding carboxylic acids is 1. The van der Waals surface area contributed by atoms with Gasteiger partial charge in [-0.05, 0) is 37.2 Å². The summed E-state index contributed by atoms with van der Waals surface area (Å²) in [5.41, 5.74) is 1.57. The average Bonchev–Trinajstić information content (AvgIpc) is 2.74. The maximum absolute atomic E-state index is 12.5. The molecule has 0 radical (unpaired) electrons. The van der Waals surface area contributed by atoms with Crippen molar-refractivity contribution in [3.63, 3.8) is 0 Å². The second-order valence-corrected chi connectivity index (χ2v) is 5.47. The van der Waals surface area contributed by atoms with Gasteiger partial charge >= 0.3 is 0 Å². The van der Waals surface area contributed by atoms with E-state index in [4.69, 9.17) is 16.3 Å². The van der Waals surface area contributed by atoms with Crippen molar-refractivity contribution >= 4 is 23.6 Å². The molecule has 0 aliphatic carbocycles. The highest BCUT2D eigenvalue weighted by Crippen LogP contribution is 2.29. The molecular weight excluding hydrogens is 276 g/mol. The van der Waals surface area contributed by atoms with E-state index in [1.807, 2.05) is 23.1 Å². The minimum atomic E-state index is 0.0688. The molecule has 3 rings (SSSR count). The topological polar surface area (TPSA) is 41.6 Å². The number of halogens is 1. The molecule has 4 nitrogen and oxygen atoms in total. The molecule has 1 fully saturated rings. The Labute approximate surface area is 123 Å². The van der Waals surface area contributed by atoms with Crippen molar-refractivity contribution in [3.8, 4) is 5.75 Å². The molecule has 1 N–H and O–H groups in total. The van der Waals surface area contributed by atoms with E-state index in [-0.39, 0.29) is 5.91 Å². The second-order valence-electron chi connectivity index (χ2n) is 5.04. The Bertz CT molecular complexity index is 549. The van der Waals surface area contributed by atoms with Gasteiger partial charge in [-0.2, -0.15) is 0 Å². The summed E-state index contributed by atoms with van der Waals surface area (Å²) < 4.78 is 5.64. The number of nitrogens with zero attached hydrogens (tertiary/aromatic N) is 1. The van der Waals surface area contributed by atoms with Gasteiger partial charge in [0.25, 0.3) is 5.91 Å². The molecule has 2 aliphatic heterocycles. The van der Waals surface area contributed by atoms with Gasteiger partial charge in [-0.1, -0.05) is 11.6 Å². The Hall–Kier alpha value is -1.52. The van der Waals surface area contributed by atoms with Crippen molar-refractivity contribution in [1.82, 2.24) is 10.2 Å². The lowest BCUT2D eigenvalue weighted by Crippen LogP contribution is -2.36. The lowest BCUT2D eigenvalue weighted by molar-refractivity contribution is -0.127. The Morgan fingerprint density at radius 3 is 3.10 bits per heavy atom. The van der Waals surface area contributed by atoms with E-state index in [9.17, 15) is 4.79 Å². The quantitative estimate of drug-likeness (QED) is 0.860. The monoisotopic (exact) mass is 292 g/mol. The smallest absolute Gasteiger partial charge is 0.253 e. The van der Waals surface area contributed by atoms with Crippen LogP contribution in [0.15, 0.2) is 23.8 Å². The van der Waals surface area contributed by atoms with Gasteiger partial charge in [0.05, 0.1) is 5.57 Å². The summed E-state index contributed by atoms with van der Waals surface area (Å²) >= 11 is 5.99. The third-order valence-electron chi connectivity index (χ3n) is 3.59. The minimum absolute atomic E-state index is 0.0688. The van der Waals surface area contributed by atoms with Crippen LogP contribution in [-0.2, 0) is 4.79 Å². The van der Waals surface area contributed by atoms with Gasteiger partial charge in [0.15, 0.2) is 0 Å². The Morgan fingerprint density at radius 2 is 2.20 bits per heavy atom. The third kappa shape index (κ3) is 2.81. The number of hydrogen-bond donors (Lipinski definition) is 1. The molecule has 106 valence electrons. The fraction of sp³-hybridized carbons (Fsp3) is 0.400. The van der Waals surface area contributed by atoms with Crippen LogP contribution >= 0.6 is 11.6 Å². The number of benzene rings is 1. The van der Waals surface area contributed by atoms with E-state index < -0.39 is 0 Å². The maximum atomic E-state index is 12.5. The summed E-state index contributed by atoms with van der Waals surface area (Å²) in [6, 6.07) is 5.46. The molecule has 2 heterocycles. The van der Waals surface area contributed by atoms with E-state index in [1.165, 1.54) is 0 Å². The first-order chi connectivity index (χ1) is 9.74. The predicted molar refractivity (Wildman–Crippen MR) is 79.0 cm³/mol. The summed E-state index contributed by atoms with van der Waals surface area (Å²) in [6.07, 6.45) is 2.88. The van der Waals surface area contributed by atoms with Gasteiger partial charge in [0.2, 0.25) is 0 Å². The van der Waals surface area contributed by atoms with Gasteiger partial charge in [-0.25, -0.2) is 0 Å². The first kappa shape index (κ1) is 13.5. The van der Waals surface area contributed by atoms with Crippen molar-refractivity contribution < 1.29 is 9.53 Å². The summed E-state index contributed by atoms with van der Waals surface area (Å²) in [5, 5.41) is 3.95. The number of amides is 1. The standard InChI is InChI=1S/C15H17ClN2O2/c16-13-2-3-14-11(9-13)8-12(10-20-14)15(19)18-6-1-4-17-5-7-18/h2-3,8-9,17H,1,4-7,10H2. The molecule has 1 saturated heterocycles. The highest BCUT2D eigenvalue weighted by atomic mass is 35.5. The lowest BCUT2D eigenvalue weighted by Gasteiger charge is -2.24. The Morgan fingerprint density at radius 1 is 1.30 bits per heavy atom. The molecule has 1 amide bonds. The van der Waals surface area contributed by atoms with Crippen LogP contribution in [0, 0.1) is 0 Å². The number of fused-ring (bicyclic) bond motifs is 1. The van der Waals surface area contributed by atoms with Gasteiger partial charge in [-0.3, -0.25) is 4.79 Å². The van der Waals surface area contributed by atoms with E-state index in [1.54, 1.807) is 6.07 Å². The van der Waals surface area contributed by atoms with Crippen LogP contribution in [-0.4, -0.2) is 43.6 Å². The summed E-state index contributed by atoms with van der Waals surface area (Å²) in [7, 11) is 0. The number of carbonyl (C=O) groups is 1. The zero-order valence-electron chi connectivity index (χ0n) is 11.2. The number of hydrogen-bond acceptors (Lipinski definition) is 3. The number of nitrogens with one attached hydrogen (secondary N) is 1. The maximum Gasteiger partial charge on any atom is 0.253 e. The molecule has 5 heteroatoms. The van der Waals surface area contributed by atoms with E-state index in [0.717, 1.165) is 43.9 Å². The molecule has 0 aromatic heterocycles. The zero-order valence-corrected chi connectivity index (χ0v) is 11.9. The lowest BCUT2D eigenvalue weighted by atomic mass is 10.1. The minimum Gasteiger partial charge on any atom is -0.488 e. The summed E-state index contributed by atoms with van der Waals surface area (Å²) in [4.78, 5) is 14.4. The Balaban J connectivity index is 1.81. The fourth-order valence-corrected chi connectivity index (χ4v) is 2.70. The largest absolute Gasteiger partial charge is 0.488 e. The highest BCUT2D eigenvalue weighted by Gasteiger charge is 2.22. The van der Waals surface area contributed by atoms with Gasteiger partial charge in [0.1, 0.15) is 12.4 Å². The van der Waals surface area contributed by atoms with Crippen LogP contribution in [0.4, 0.5) is 0 Å². The number of ether oxygens (including phenoxy) is 1. The number of rotatable bonds is 1. The molecule has 1 aromatic carbocycles.